The zero-order chi connectivity index (χ0) is 28.7. The highest BCUT2D eigenvalue weighted by atomic mass is 16.7. The van der Waals surface area contributed by atoms with E-state index in [1.807, 2.05) is 25.1 Å². The van der Waals surface area contributed by atoms with Crippen LogP contribution in [0.3, 0.4) is 0 Å². The van der Waals surface area contributed by atoms with Gasteiger partial charge in [-0.3, -0.25) is 9.59 Å². The minimum Gasteiger partial charge on any atom is -0.432 e. The number of ketones is 2. The van der Waals surface area contributed by atoms with Crippen molar-refractivity contribution in [2.45, 2.75) is 20.4 Å². The van der Waals surface area contributed by atoms with Gasteiger partial charge in [0.05, 0.1) is 22.0 Å². The van der Waals surface area contributed by atoms with E-state index in [1.165, 1.54) is 6.92 Å². The Kier molecular flexibility index (Phi) is 6.39. The van der Waals surface area contributed by atoms with E-state index >= 15 is 0 Å². The van der Waals surface area contributed by atoms with E-state index in [-0.39, 0.29) is 17.2 Å². The predicted octanol–water partition coefficient (Wildman–Crippen LogP) is 5.72. The first kappa shape index (κ1) is 25.7. The molecule has 9 heteroatoms. The van der Waals surface area contributed by atoms with Crippen LogP contribution in [0.25, 0.3) is 21.8 Å². The highest BCUT2D eigenvalue weighted by molar-refractivity contribution is 6.47. The Hall–Kier alpha value is -5.57. The van der Waals surface area contributed by atoms with Crippen molar-refractivity contribution in [1.82, 2.24) is 4.57 Å². The molecule has 0 spiro atoms. The largest absolute Gasteiger partial charge is 0.432 e. The number of oxime groups is 1. The number of para-hydroxylation sites is 1. The fourth-order valence-corrected chi connectivity index (χ4v) is 4.93. The number of ether oxygens (including phenoxy) is 2. The Balaban J connectivity index is 1.36. The molecule has 5 aromatic rings. The molecule has 0 amide bonds. The van der Waals surface area contributed by atoms with Crippen LogP contribution in [-0.2, 0) is 16.2 Å². The lowest BCUT2D eigenvalue weighted by Gasteiger charge is -2.06. The summed E-state index contributed by atoms with van der Waals surface area (Å²) in [6, 6.07) is 23.8. The third-order valence-corrected chi connectivity index (χ3v) is 6.79. The summed E-state index contributed by atoms with van der Waals surface area (Å²) in [5.41, 5.74) is 3.08. The van der Waals surface area contributed by atoms with Crippen LogP contribution in [0.2, 0.25) is 0 Å². The van der Waals surface area contributed by atoms with Gasteiger partial charge in [0.15, 0.2) is 11.5 Å². The summed E-state index contributed by atoms with van der Waals surface area (Å²) in [5.74, 6) is -1.56. The first-order valence-electron chi connectivity index (χ1n) is 12.8. The summed E-state index contributed by atoms with van der Waals surface area (Å²) in [4.78, 5) is 54.7. The molecule has 0 bridgehead atoms. The van der Waals surface area contributed by atoms with E-state index in [1.54, 1.807) is 66.7 Å². The monoisotopic (exact) mass is 546 g/mol. The molecule has 1 aliphatic heterocycles. The Morgan fingerprint density at radius 3 is 2.24 bits per heavy atom. The fourth-order valence-electron chi connectivity index (χ4n) is 4.93. The standard InChI is InChI=1S/C32H22N2O7/c1-3-34-25-15-13-21(28(36)19-9-11-20(12-10-19)32(38)39-22-7-5-4-6-8-22)17-24(25)27-26(34)16-14-23-29(37)31(40-30(23)27)33-41-18(2)35/h4-17H,3H2,1-2H3/b33-31-. The third-order valence-electron chi connectivity index (χ3n) is 6.79. The summed E-state index contributed by atoms with van der Waals surface area (Å²) in [5, 5.41) is 4.93. The van der Waals surface area contributed by atoms with Gasteiger partial charge in [-0.1, -0.05) is 30.3 Å². The van der Waals surface area contributed by atoms with Crippen molar-refractivity contribution in [1.29, 1.82) is 0 Å². The third kappa shape index (κ3) is 4.53. The smallest absolute Gasteiger partial charge is 0.343 e. The van der Waals surface area contributed by atoms with E-state index < -0.39 is 17.7 Å². The number of nitrogens with zero attached hydrogens (tertiary/aromatic N) is 2. The van der Waals surface area contributed by atoms with Gasteiger partial charge in [-0.2, -0.15) is 0 Å². The highest BCUT2D eigenvalue weighted by Gasteiger charge is 2.33. The van der Waals surface area contributed by atoms with Crippen LogP contribution in [0.1, 0.15) is 50.5 Å². The minimum atomic E-state index is -0.679. The molecular weight excluding hydrogens is 524 g/mol. The van der Waals surface area contributed by atoms with Crippen LogP contribution >= 0.6 is 0 Å². The summed E-state index contributed by atoms with van der Waals surface area (Å²) in [7, 11) is 0. The van der Waals surface area contributed by atoms with Crippen LogP contribution in [0.5, 0.6) is 11.5 Å². The summed E-state index contributed by atoms with van der Waals surface area (Å²) >= 11 is 0. The molecule has 0 fully saturated rings. The van der Waals surface area contributed by atoms with Gasteiger partial charge in [-0.15, -0.1) is 0 Å². The molecule has 1 aromatic heterocycles. The highest BCUT2D eigenvalue weighted by Crippen LogP contribution is 2.41. The van der Waals surface area contributed by atoms with Crippen LogP contribution in [-0.4, -0.2) is 34.0 Å². The fraction of sp³-hybridized carbons (Fsp3) is 0.0938. The van der Waals surface area contributed by atoms with E-state index in [2.05, 4.69) is 14.6 Å². The zero-order valence-electron chi connectivity index (χ0n) is 22.0. The first-order valence-corrected chi connectivity index (χ1v) is 12.8. The van der Waals surface area contributed by atoms with Crippen molar-refractivity contribution >= 4 is 51.2 Å². The topological polar surface area (TPSA) is 113 Å². The number of carbonyl (C=O) groups is 4. The number of rotatable bonds is 6. The Bertz CT molecular complexity index is 1920. The molecule has 0 aliphatic carbocycles. The van der Waals surface area contributed by atoms with E-state index in [0.29, 0.717) is 45.5 Å². The summed E-state index contributed by atoms with van der Waals surface area (Å²) < 4.78 is 13.2. The van der Waals surface area contributed by atoms with Crippen molar-refractivity contribution in [3.8, 4) is 11.5 Å². The van der Waals surface area contributed by atoms with E-state index in [9.17, 15) is 19.2 Å². The molecule has 9 nitrogen and oxygen atoms in total. The van der Waals surface area contributed by atoms with Crippen molar-refractivity contribution in [2.75, 3.05) is 0 Å². The second-order valence-corrected chi connectivity index (χ2v) is 9.33. The number of Topliss-reactive ketones (excluding diaryl/α,β-unsaturated/α-hetero) is 1. The van der Waals surface area contributed by atoms with Gasteiger partial charge in [0.25, 0.3) is 5.78 Å². The molecule has 202 valence electrons. The maximum atomic E-state index is 13.5. The number of hydrogen-bond acceptors (Lipinski definition) is 8. The molecular formula is C32H22N2O7. The lowest BCUT2D eigenvalue weighted by Crippen LogP contribution is -2.13. The number of carbonyl (C=O) groups excluding carboxylic acids is 4. The number of benzene rings is 4. The number of aromatic nitrogens is 1. The Morgan fingerprint density at radius 2 is 1.54 bits per heavy atom. The van der Waals surface area contributed by atoms with Crippen molar-refractivity contribution in [3.63, 3.8) is 0 Å². The van der Waals surface area contributed by atoms with Crippen molar-refractivity contribution in [3.05, 3.63) is 107 Å². The van der Waals surface area contributed by atoms with Gasteiger partial charge >= 0.3 is 17.8 Å². The molecule has 0 N–H and O–H groups in total. The van der Waals surface area contributed by atoms with Gasteiger partial charge in [0.2, 0.25) is 0 Å². The lowest BCUT2D eigenvalue weighted by atomic mass is 9.99. The van der Waals surface area contributed by atoms with Crippen LogP contribution in [0.4, 0.5) is 0 Å². The van der Waals surface area contributed by atoms with Crippen LogP contribution < -0.4 is 9.47 Å². The molecule has 4 aromatic carbocycles. The van der Waals surface area contributed by atoms with Gasteiger partial charge in [-0.25, -0.2) is 9.59 Å². The zero-order valence-corrected chi connectivity index (χ0v) is 22.0. The number of hydrogen-bond donors (Lipinski definition) is 0. The molecule has 0 saturated heterocycles. The number of aryl methyl sites for hydroxylation is 1. The number of fused-ring (bicyclic) bond motifs is 5. The molecule has 1 aliphatic rings. The molecule has 0 saturated carbocycles. The van der Waals surface area contributed by atoms with Crippen LogP contribution in [0, 0.1) is 0 Å². The van der Waals surface area contributed by atoms with E-state index in [4.69, 9.17) is 9.47 Å². The summed E-state index contributed by atoms with van der Waals surface area (Å²) in [6.07, 6.45) is 0. The van der Waals surface area contributed by atoms with Gasteiger partial charge in [0.1, 0.15) is 5.75 Å². The lowest BCUT2D eigenvalue weighted by molar-refractivity contribution is -0.141. The summed E-state index contributed by atoms with van der Waals surface area (Å²) in [6.45, 7) is 3.80. The molecule has 0 atom stereocenters. The quantitative estimate of drug-likeness (QED) is 0.0880. The Labute approximate surface area is 233 Å². The first-order chi connectivity index (χ1) is 19.9. The number of esters is 1. The maximum absolute atomic E-state index is 13.5. The van der Waals surface area contributed by atoms with Crippen molar-refractivity contribution < 1.29 is 33.5 Å². The second-order valence-electron chi connectivity index (χ2n) is 9.33. The van der Waals surface area contributed by atoms with Crippen molar-refractivity contribution in [2.24, 2.45) is 5.16 Å². The molecule has 6 rings (SSSR count). The van der Waals surface area contributed by atoms with Gasteiger partial charge < -0.3 is 18.9 Å². The normalized spacial score (nSPS) is 13.3. The second kappa shape index (κ2) is 10.2. The minimum absolute atomic E-state index is 0.242. The maximum Gasteiger partial charge on any atom is 0.343 e. The molecule has 2 heterocycles. The molecule has 41 heavy (non-hydrogen) atoms. The molecule has 0 radical (unpaired) electrons. The van der Waals surface area contributed by atoms with Crippen LogP contribution in [0.15, 0.2) is 90.1 Å². The average Bonchev–Trinajstić information content (AvgIpc) is 3.49. The van der Waals surface area contributed by atoms with Gasteiger partial charge in [0, 0.05) is 35.5 Å². The SMILES string of the molecule is CCn1c2ccc(C(=O)c3ccc(C(=O)Oc4ccccc4)cc3)cc2c2c3c(ccc21)C(=O)/C(=N/OC(C)=O)O3. The predicted molar refractivity (Wildman–Crippen MR) is 151 cm³/mol. The Morgan fingerprint density at radius 1 is 0.854 bits per heavy atom. The average molecular weight is 547 g/mol. The van der Waals surface area contributed by atoms with Gasteiger partial charge in [-0.05, 0) is 66.7 Å². The molecule has 0 unspecified atom stereocenters. The van der Waals surface area contributed by atoms with E-state index in [0.717, 1.165) is 11.0 Å².